The molecule has 0 saturated carbocycles. The lowest BCUT2D eigenvalue weighted by Gasteiger charge is -2.05. The summed E-state index contributed by atoms with van der Waals surface area (Å²) in [4.78, 5) is 3.00. The topological polar surface area (TPSA) is 47.0 Å². The molecule has 0 aromatic carbocycles. The van der Waals surface area contributed by atoms with Crippen molar-refractivity contribution in [3.8, 4) is 0 Å². The summed E-state index contributed by atoms with van der Waals surface area (Å²) in [6.07, 6.45) is -3.82. The highest BCUT2D eigenvalue weighted by molar-refractivity contribution is 7.90. The molecule has 0 saturated heterocycles. The maximum absolute atomic E-state index is 12.1. The van der Waals surface area contributed by atoms with Gasteiger partial charge in [-0.15, -0.1) is 0 Å². The molecule has 0 N–H and O–H groups in total. The smallest absolute Gasteiger partial charge is 0.232 e. The van der Waals surface area contributed by atoms with Crippen LogP contribution < -0.4 is 0 Å². The van der Waals surface area contributed by atoms with Crippen LogP contribution in [-0.2, 0) is 16.0 Å². The van der Waals surface area contributed by atoms with Crippen molar-refractivity contribution in [1.29, 1.82) is 0 Å². The number of halogens is 3. The van der Waals surface area contributed by atoms with E-state index in [0.717, 1.165) is 18.4 Å². The number of hydrogen-bond acceptors (Lipinski definition) is 3. The average Bonchev–Trinajstić information content (AvgIpc) is 2.01. The fraction of sp³-hybridized carbons (Fsp3) is 0.286. The summed E-state index contributed by atoms with van der Waals surface area (Å²) in [6, 6.07) is 2.74. The van der Waals surface area contributed by atoms with Gasteiger partial charge >= 0.3 is 6.18 Å². The Morgan fingerprint density at radius 1 is 1.29 bits per heavy atom. The van der Waals surface area contributed by atoms with E-state index in [4.69, 9.17) is 0 Å². The molecule has 0 amide bonds. The van der Waals surface area contributed by atoms with Crippen molar-refractivity contribution in [3.63, 3.8) is 0 Å². The number of alkyl halides is 3. The fourth-order valence-electron chi connectivity index (χ4n) is 0.779. The van der Waals surface area contributed by atoms with Gasteiger partial charge in [0.25, 0.3) is 0 Å². The van der Waals surface area contributed by atoms with Gasteiger partial charge in [0.05, 0.1) is 0 Å². The van der Waals surface area contributed by atoms with E-state index in [1.165, 1.54) is 0 Å². The van der Waals surface area contributed by atoms with Crippen molar-refractivity contribution in [2.75, 3.05) is 6.26 Å². The molecule has 0 aliphatic rings. The first kappa shape index (κ1) is 11.0. The number of hydrogen-bond donors (Lipinski definition) is 0. The third-order valence-electron chi connectivity index (χ3n) is 1.39. The van der Waals surface area contributed by atoms with Gasteiger partial charge in [0.2, 0.25) is 0 Å². The van der Waals surface area contributed by atoms with E-state index in [1.54, 1.807) is 0 Å². The lowest BCUT2D eigenvalue weighted by molar-refractivity contribution is -0.141. The van der Waals surface area contributed by atoms with Crippen LogP contribution in [0, 0.1) is 0 Å². The maximum Gasteiger partial charge on any atom is 0.433 e. The van der Waals surface area contributed by atoms with Crippen molar-refractivity contribution in [3.05, 3.63) is 23.9 Å². The summed E-state index contributed by atoms with van der Waals surface area (Å²) in [6.45, 7) is 0. The van der Waals surface area contributed by atoms with Crippen LogP contribution >= 0.6 is 0 Å². The van der Waals surface area contributed by atoms with Gasteiger partial charge in [-0.3, -0.25) is 0 Å². The monoisotopic (exact) mass is 225 g/mol. The molecular formula is C7H6F3NO2S. The average molecular weight is 225 g/mol. The van der Waals surface area contributed by atoms with Gasteiger partial charge < -0.3 is 0 Å². The minimum Gasteiger partial charge on any atom is -0.232 e. The van der Waals surface area contributed by atoms with Crippen LogP contribution in [-0.4, -0.2) is 19.7 Å². The van der Waals surface area contributed by atoms with Crippen LogP contribution in [0.3, 0.4) is 0 Å². The van der Waals surface area contributed by atoms with E-state index < -0.39 is 26.7 Å². The molecule has 1 aromatic rings. The zero-order valence-corrected chi connectivity index (χ0v) is 7.85. The largest absolute Gasteiger partial charge is 0.433 e. The molecular weight excluding hydrogens is 219 g/mol. The first-order valence-corrected chi connectivity index (χ1v) is 5.35. The summed E-state index contributed by atoms with van der Waals surface area (Å²) in [7, 11) is -3.70. The molecule has 3 nitrogen and oxygen atoms in total. The minimum absolute atomic E-state index is 0.577. The zero-order chi connectivity index (χ0) is 11.0. The van der Waals surface area contributed by atoms with E-state index in [9.17, 15) is 21.6 Å². The summed E-state index contributed by atoms with van der Waals surface area (Å²) in [5.74, 6) is 0. The highest BCUT2D eigenvalue weighted by Crippen LogP contribution is 2.27. The fourth-order valence-corrected chi connectivity index (χ4v) is 1.37. The van der Waals surface area contributed by atoms with Crippen LogP contribution in [0.4, 0.5) is 13.2 Å². The quantitative estimate of drug-likeness (QED) is 0.727. The van der Waals surface area contributed by atoms with Gasteiger partial charge in [-0.05, 0) is 12.1 Å². The Morgan fingerprint density at radius 3 is 2.29 bits per heavy atom. The maximum atomic E-state index is 12.1. The Bertz CT molecular complexity index is 438. The Kier molecular flexibility index (Phi) is 2.53. The number of rotatable bonds is 1. The molecule has 0 bridgehead atoms. The van der Waals surface area contributed by atoms with E-state index in [1.807, 2.05) is 0 Å². The molecule has 7 heteroatoms. The second-order valence-corrected chi connectivity index (χ2v) is 4.59. The van der Waals surface area contributed by atoms with Crippen LogP contribution in [0.15, 0.2) is 23.2 Å². The Morgan fingerprint density at radius 2 is 1.86 bits per heavy atom. The van der Waals surface area contributed by atoms with Gasteiger partial charge in [0.15, 0.2) is 14.9 Å². The van der Waals surface area contributed by atoms with Crippen LogP contribution in [0.5, 0.6) is 0 Å². The molecule has 0 spiro atoms. The van der Waals surface area contributed by atoms with Gasteiger partial charge in [-0.1, -0.05) is 6.07 Å². The van der Waals surface area contributed by atoms with E-state index >= 15 is 0 Å². The first-order chi connectivity index (χ1) is 6.21. The van der Waals surface area contributed by atoms with E-state index in [2.05, 4.69) is 4.98 Å². The molecule has 0 radical (unpaired) electrons. The molecule has 0 fully saturated rings. The van der Waals surface area contributed by atoms with Crippen molar-refractivity contribution in [2.45, 2.75) is 11.2 Å². The van der Waals surface area contributed by atoms with Crippen LogP contribution in [0.2, 0.25) is 0 Å². The third kappa shape index (κ3) is 2.44. The normalized spacial score (nSPS) is 12.9. The molecule has 14 heavy (non-hydrogen) atoms. The third-order valence-corrected chi connectivity index (χ3v) is 2.38. The van der Waals surface area contributed by atoms with Crippen molar-refractivity contribution in [1.82, 2.24) is 4.98 Å². The summed E-state index contributed by atoms with van der Waals surface area (Å²) in [5.41, 5.74) is -1.21. The van der Waals surface area contributed by atoms with Crippen LogP contribution in [0.1, 0.15) is 5.69 Å². The predicted molar refractivity (Wildman–Crippen MR) is 42.3 cm³/mol. The van der Waals surface area contributed by atoms with Crippen molar-refractivity contribution >= 4 is 9.84 Å². The van der Waals surface area contributed by atoms with Crippen molar-refractivity contribution in [2.24, 2.45) is 0 Å². The van der Waals surface area contributed by atoms with Gasteiger partial charge in [-0.2, -0.15) is 13.2 Å². The highest BCUT2D eigenvalue weighted by atomic mass is 32.2. The summed E-state index contributed by atoms with van der Waals surface area (Å²) < 4.78 is 58.1. The number of pyridine rings is 1. The van der Waals surface area contributed by atoms with Gasteiger partial charge in [-0.25, -0.2) is 13.4 Å². The Balaban J connectivity index is 3.29. The van der Waals surface area contributed by atoms with Crippen molar-refractivity contribution < 1.29 is 21.6 Å². The molecule has 0 unspecified atom stereocenters. The second-order valence-electron chi connectivity index (χ2n) is 2.63. The molecule has 1 heterocycles. The van der Waals surface area contributed by atoms with E-state index in [0.29, 0.717) is 6.07 Å². The van der Waals surface area contributed by atoms with E-state index in [-0.39, 0.29) is 0 Å². The second kappa shape index (κ2) is 3.23. The molecule has 0 aliphatic carbocycles. The summed E-state index contributed by atoms with van der Waals surface area (Å²) >= 11 is 0. The zero-order valence-electron chi connectivity index (χ0n) is 7.04. The van der Waals surface area contributed by atoms with Crippen LogP contribution in [0.25, 0.3) is 0 Å². The number of nitrogens with zero attached hydrogens (tertiary/aromatic N) is 1. The first-order valence-electron chi connectivity index (χ1n) is 3.45. The summed E-state index contributed by atoms with van der Waals surface area (Å²) in [5, 5.41) is -0.577. The highest BCUT2D eigenvalue weighted by Gasteiger charge is 2.33. The standard InChI is InChI=1S/C7H6F3NO2S/c1-14(12,13)6-4-2-3-5(11-6)7(8,9)10/h2-4H,1H3. The Labute approximate surface area is 78.5 Å². The molecule has 1 aromatic heterocycles. The number of aromatic nitrogens is 1. The molecule has 0 aliphatic heterocycles. The van der Waals surface area contributed by atoms with Gasteiger partial charge in [0, 0.05) is 6.26 Å². The minimum atomic E-state index is -4.62. The predicted octanol–water partition coefficient (Wildman–Crippen LogP) is 1.50. The molecule has 0 atom stereocenters. The SMILES string of the molecule is CS(=O)(=O)c1cccc(C(F)(F)F)n1. The number of sulfone groups is 1. The lowest BCUT2D eigenvalue weighted by atomic mass is 10.3. The molecule has 78 valence electrons. The Hall–Kier alpha value is -1.11. The lowest BCUT2D eigenvalue weighted by Crippen LogP contribution is -2.11. The van der Waals surface area contributed by atoms with Gasteiger partial charge in [0.1, 0.15) is 5.69 Å². The molecule has 1 rings (SSSR count).